The van der Waals surface area contributed by atoms with E-state index in [2.05, 4.69) is 11.1 Å². The number of hydrogen-bond donors (Lipinski definition) is 2. The van der Waals surface area contributed by atoms with Gasteiger partial charge in [-0.25, -0.2) is 9.36 Å². The molecule has 132 valence electrons. The van der Waals surface area contributed by atoms with E-state index in [0.717, 1.165) is 11.1 Å². The lowest BCUT2D eigenvalue weighted by molar-refractivity contribution is -0.146. The molecule has 1 atom stereocenters. The maximum Gasteiger partial charge on any atom is 0.469 e. The van der Waals surface area contributed by atoms with Gasteiger partial charge in [0.05, 0.1) is 6.61 Å². The molecule has 0 aliphatic carbocycles. The van der Waals surface area contributed by atoms with Crippen molar-refractivity contribution in [1.29, 1.82) is 0 Å². The molecular formula is C18H19O6P. The lowest BCUT2D eigenvalue weighted by Gasteiger charge is -2.21. The normalized spacial score (nSPS) is 12.4. The molecule has 25 heavy (non-hydrogen) atoms. The molecule has 0 aromatic heterocycles. The average molecular weight is 362 g/mol. The molecule has 0 spiro atoms. The first-order valence-electron chi connectivity index (χ1n) is 7.49. The highest BCUT2D eigenvalue weighted by atomic mass is 31.2. The summed E-state index contributed by atoms with van der Waals surface area (Å²) in [6.45, 7) is 4.54. The zero-order valence-corrected chi connectivity index (χ0v) is 14.6. The molecule has 7 heteroatoms. The largest absolute Gasteiger partial charge is 0.469 e. The molecule has 0 radical (unpaired) electrons. The molecule has 6 nitrogen and oxygen atoms in total. The quantitative estimate of drug-likeness (QED) is 0.444. The number of phosphoric ester groups is 1. The number of carbonyl (C=O) groups excluding carboxylic acids is 1. The van der Waals surface area contributed by atoms with Gasteiger partial charge in [-0.15, -0.1) is 0 Å². The van der Waals surface area contributed by atoms with E-state index < -0.39 is 26.5 Å². The van der Waals surface area contributed by atoms with Gasteiger partial charge in [0, 0.05) is 11.1 Å². The Balaban J connectivity index is 2.41. The predicted octanol–water partition coefficient (Wildman–Crippen LogP) is 3.62. The van der Waals surface area contributed by atoms with Gasteiger partial charge >= 0.3 is 13.8 Å². The second-order valence-electron chi connectivity index (χ2n) is 5.41. The summed E-state index contributed by atoms with van der Waals surface area (Å²) in [5.41, 5.74) is 2.41. The number of rotatable bonds is 7. The van der Waals surface area contributed by atoms with Crippen molar-refractivity contribution in [2.24, 2.45) is 0 Å². The monoisotopic (exact) mass is 362 g/mol. The van der Waals surface area contributed by atoms with E-state index in [1.165, 1.54) is 6.92 Å². The summed E-state index contributed by atoms with van der Waals surface area (Å²) in [4.78, 5) is 29.9. The predicted molar refractivity (Wildman–Crippen MR) is 93.5 cm³/mol. The number of esters is 1. The molecular weight excluding hydrogens is 343 g/mol. The minimum atomic E-state index is -4.71. The summed E-state index contributed by atoms with van der Waals surface area (Å²) < 4.78 is 21.0. The standard InChI is InChI=1S/C18H19O6P/c1-13(2)18(19)24-17(12-23-25(20,21)22)16-11-7-6-10-15(16)14-8-4-3-5-9-14/h3-11,17H,1,12H2,2H3,(H2,20,21,22). The Morgan fingerprint density at radius 2 is 1.72 bits per heavy atom. The van der Waals surface area contributed by atoms with Crippen LogP contribution in [0.1, 0.15) is 18.6 Å². The molecule has 2 aromatic rings. The number of phosphoric acid groups is 1. The minimum Gasteiger partial charge on any atom is -0.452 e. The van der Waals surface area contributed by atoms with E-state index in [1.54, 1.807) is 12.1 Å². The van der Waals surface area contributed by atoms with Crippen LogP contribution in [0.3, 0.4) is 0 Å². The maximum atomic E-state index is 11.9. The van der Waals surface area contributed by atoms with Crippen LogP contribution in [0.4, 0.5) is 0 Å². The lowest BCUT2D eigenvalue weighted by Crippen LogP contribution is -2.17. The topological polar surface area (TPSA) is 93.1 Å². The molecule has 0 aliphatic heterocycles. The smallest absolute Gasteiger partial charge is 0.452 e. The summed E-state index contributed by atoms with van der Waals surface area (Å²) in [5.74, 6) is -0.665. The number of carbonyl (C=O) groups is 1. The molecule has 0 saturated carbocycles. The molecule has 0 saturated heterocycles. The van der Waals surface area contributed by atoms with E-state index in [9.17, 15) is 9.36 Å². The highest BCUT2D eigenvalue weighted by molar-refractivity contribution is 7.46. The van der Waals surface area contributed by atoms with Gasteiger partial charge in [-0.3, -0.25) is 4.52 Å². The summed E-state index contributed by atoms with van der Waals surface area (Å²) in [7, 11) is -4.71. The van der Waals surface area contributed by atoms with Crippen LogP contribution < -0.4 is 0 Å². The Bertz CT molecular complexity index is 796. The number of benzene rings is 2. The van der Waals surface area contributed by atoms with E-state index in [0.29, 0.717) is 5.56 Å². The van der Waals surface area contributed by atoms with Gasteiger partial charge in [-0.05, 0) is 18.1 Å². The fourth-order valence-electron chi connectivity index (χ4n) is 2.24. The van der Waals surface area contributed by atoms with E-state index in [1.807, 2.05) is 42.5 Å². The Kier molecular flexibility index (Phi) is 6.28. The van der Waals surface area contributed by atoms with Crippen LogP contribution in [-0.4, -0.2) is 22.4 Å². The Labute approximate surface area is 146 Å². The third-order valence-electron chi connectivity index (χ3n) is 3.38. The zero-order valence-electron chi connectivity index (χ0n) is 13.7. The van der Waals surface area contributed by atoms with Gasteiger partial charge in [0.1, 0.15) is 0 Å². The van der Waals surface area contributed by atoms with E-state index >= 15 is 0 Å². The van der Waals surface area contributed by atoms with Gasteiger partial charge in [0.15, 0.2) is 6.10 Å². The van der Waals surface area contributed by atoms with Crippen molar-refractivity contribution in [3.8, 4) is 11.1 Å². The van der Waals surface area contributed by atoms with Gasteiger partial charge in [-0.2, -0.15) is 0 Å². The van der Waals surface area contributed by atoms with Gasteiger partial charge in [0.25, 0.3) is 0 Å². The zero-order chi connectivity index (χ0) is 18.4. The van der Waals surface area contributed by atoms with Crippen LogP contribution in [0.25, 0.3) is 11.1 Å². The van der Waals surface area contributed by atoms with Crippen molar-refractivity contribution >= 4 is 13.8 Å². The fourth-order valence-corrected chi connectivity index (χ4v) is 2.57. The Hall–Kier alpha value is -2.24. The molecule has 0 fully saturated rings. The summed E-state index contributed by atoms with van der Waals surface area (Å²) in [5, 5.41) is 0. The van der Waals surface area contributed by atoms with E-state index in [-0.39, 0.29) is 5.57 Å². The van der Waals surface area contributed by atoms with Crippen molar-refractivity contribution in [2.45, 2.75) is 13.0 Å². The first-order valence-corrected chi connectivity index (χ1v) is 9.02. The third kappa shape index (κ3) is 5.66. The molecule has 1 unspecified atom stereocenters. The molecule has 0 aliphatic rings. The molecule has 0 heterocycles. The summed E-state index contributed by atoms with van der Waals surface area (Å²) >= 11 is 0. The minimum absolute atomic E-state index is 0.179. The number of hydrogen-bond acceptors (Lipinski definition) is 4. The van der Waals surface area contributed by atoms with Gasteiger partial charge in [0.2, 0.25) is 0 Å². The first-order chi connectivity index (χ1) is 11.8. The Morgan fingerprint density at radius 1 is 1.12 bits per heavy atom. The molecule has 0 amide bonds. The van der Waals surface area contributed by atoms with Crippen LogP contribution in [-0.2, 0) is 18.6 Å². The molecule has 2 N–H and O–H groups in total. The molecule has 2 rings (SSSR count). The highest BCUT2D eigenvalue weighted by Crippen LogP contribution is 2.39. The highest BCUT2D eigenvalue weighted by Gasteiger charge is 2.25. The van der Waals surface area contributed by atoms with Crippen molar-refractivity contribution < 1.29 is 28.4 Å². The Morgan fingerprint density at radius 3 is 2.32 bits per heavy atom. The van der Waals surface area contributed by atoms with Crippen LogP contribution in [0.2, 0.25) is 0 Å². The molecule has 0 bridgehead atoms. The summed E-state index contributed by atoms with van der Waals surface area (Å²) in [6.07, 6.45) is -0.992. The van der Waals surface area contributed by atoms with Crippen molar-refractivity contribution in [3.63, 3.8) is 0 Å². The van der Waals surface area contributed by atoms with Crippen LogP contribution >= 0.6 is 7.82 Å². The van der Waals surface area contributed by atoms with Crippen LogP contribution in [0, 0.1) is 0 Å². The first kappa shape index (κ1) is 19.1. The average Bonchev–Trinajstić information content (AvgIpc) is 2.58. The number of ether oxygens (including phenoxy) is 1. The third-order valence-corrected chi connectivity index (χ3v) is 3.87. The van der Waals surface area contributed by atoms with Crippen LogP contribution in [0.15, 0.2) is 66.7 Å². The maximum absolute atomic E-state index is 11.9. The van der Waals surface area contributed by atoms with Gasteiger partial charge in [-0.1, -0.05) is 61.2 Å². The lowest BCUT2D eigenvalue weighted by atomic mass is 9.96. The fraction of sp³-hybridized carbons (Fsp3) is 0.167. The van der Waals surface area contributed by atoms with Crippen LogP contribution in [0.5, 0.6) is 0 Å². The second kappa shape index (κ2) is 8.23. The van der Waals surface area contributed by atoms with Gasteiger partial charge < -0.3 is 14.5 Å². The SMILES string of the molecule is C=C(C)C(=O)OC(COP(=O)(O)O)c1ccccc1-c1ccccc1. The van der Waals surface area contributed by atoms with Crippen molar-refractivity contribution in [2.75, 3.05) is 6.61 Å². The van der Waals surface area contributed by atoms with Crippen molar-refractivity contribution in [3.05, 3.63) is 72.3 Å². The van der Waals surface area contributed by atoms with E-state index in [4.69, 9.17) is 14.5 Å². The second-order valence-corrected chi connectivity index (χ2v) is 6.65. The summed E-state index contributed by atoms with van der Waals surface area (Å²) in [6, 6.07) is 16.5. The molecule has 2 aromatic carbocycles. The van der Waals surface area contributed by atoms with Crippen molar-refractivity contribution in [1.82, 2.24) is 0 Å².